The minimum Gasteiger partial charge on any atom is -0.481 e. The topological polar surface area (TPSA) is 130 Å². The molecule has 0 atom stereocenters. The van der Waals surface area contributed by atoms with Gasteiger partial charge in [-0.1, -0.05) is 0 Å². The second-order valence-corrected chi connectivity index (χ2v) is 6.50. The SMILES string of the molecule is CCOCCOCCOCCC(CCOCCOCCOCC)(CC(=O)O)C(=O)O. The summed E-state index contributed by atoms with van der Waals surface area (Å²) in [5.41, 5.74) is -1.45. The molecule has 0 radical (unpaired) electrons. The summed E-state index contributed by atoms with van der Waals surface area (Å²) in [6, 6.07) is 0. The summed E-state index contributed by atoms with van der Waals surface area (Å²) in [4.78, 5) is 23.1. The number of hydrogen-bond acceptors (Lipinski definition) is 8. The molecular formula is C20H38O10. The molecule has 178 valence electrons. The Labute approximate surface area is 178 Å². The van der Waals surface area contributed by atoms with Gasteiger partial charge in [0.2, 0.25) is 0 Å². The number of carbonyl (C=O) groups is 2. The van der Waals surface area contributed by atoms with Crippen LogP contribution < -0.4 is 0 Å². The van der Waals surface area contributed by atoms with Gasteiger partial charge in [-0.2, -0.15) is 0 Å². The van der Waals surface area contributed by atoms with Crippen molar-refractivity contribution in [1.29, 1.82) is 0 Å². The summed E-state index contributed by atoms with van der Waals surface area (Å²) in [7, 11) is 0. The lowest BCUT2D eigenvalue weighted by Crippen LogP contribution is -2.36. The summed E-state index contributed by atoms with van der Waals surface area (Å²) < 4.78 is 31.8. The second kappa shape index (κ2) is 19.7. The van der Waals surface area contributed by atoms with Crippen LogP contribution in [0.5, 0.6) is 0 Å². The monoisotopic (exact) mass is 438 g/mol. The van der Waals surface area contributed by atoms with Crippen molar-refractivity contribution in [2.45, 2.75) is 33.1 Å². The molecule has 0 aromatic heterocycles. The molecular weight excluding hydrogens is 400 g/mol. The van der Waals surface area contributed by atoms with Crippen molar-refractivity contribution in [2.24, 2.45) is 5.41 Å². The summed E-state index contributed by atoms with van der Waals surface area (Å²) in [5.74, 6) is -2.34. The summed E-state index contributed by atoms with van der Waals surface area (Å²) >= 11 is 0. The molecule has 0 aliphatic rings. The quantitative estimate of drug-likeness (QED) is 0.226. The predicted octanol–water partition coefficient (Wildman–Crippen LogP) is 1.45. The smallest absolute Gasteiger partial charge is 0.310 e. The van der Waals surface area contributed by atoms with E-state index in [9.17, 15) is 19.8 Å². The molecule has 0 spiro atoms. The molecule has 2 N–H and O–H groups in total. The van der Waals surface area contributed by atoms with Crippen molar-refractivity contribution in [2.75, 3.05) is 79.3 Å². The van der Waals surface area contributed by atoms with E-state index < -0.39 is 23.8 Å². The van der Waals surface area contributed by atoms with Crippen molar-refractivity contribution in [3.63, 3.8) is 0 Å². The van der Waals surface area contributed by atoms with Gasteiger partial charge in [0.15, 0.2) is 0 Å². The molecule has 10 heteroatoms. The van der Waals surface area contributed by atoms with E-state index in [4.69, 9.17) is 28.4 Å². The minimum absolute atomic E-state index is 0.0712. The van der Waals surface area contributed by atoms with Crippen LogP contribution in [0.1, 0.15) is 33.1 Å². The fourth-order valence-electron chi connectivity index (χ4n) is 2.58. The lowest BCUT2D eigenvalue weighted by atomic mass is 9.78. The Morgan fingerprint density at radius 2 is 0.933 bits per heavy atom. The molecule has 0 aromatic carbocycles. The molecule has 0 saturated heterocycles. The average Bonchev–Trinajstić information content (AvgIpc) is 2.70. The van der Waals surface area contributed by atoms with E-state index in [1.807, 2.05) is 13.8 Å². The molecule has 30 heavy (non-hydrogen) atoms. The molecule has 10 nitrogen and oxygen atoms in total. The Bertz CT molecular complexity index is 408. The minimum atomic E-state index is -1.45. The van der Waals surface area contributed by atoms with Gasteiger partial charge in [0, 0.05) is 26.4 Å². The molecule has 0 bridgehead atoms. The Morgan fingerprint density at radius 3 is 1.23 bits per heavy atom. The van der Waals surface area contributed by atoms with Gasteiger partial charge in [-0.15, -0.1) is 0 Å². The zero-order chi connectivity index (χ0) is 22.5. The standard InChI is InChI=1S/C20H38O10/c1-3-25-9-11-29-15-13-27-7-5-20(19(23)24,17-18(21)22)6-8-28-14-16-30-12-10-26-4-2/h3-17H2,1-2H3,(H,21,22)(H,23,24). The Hall–Kier alpha value is -1.30. The van der Waals surface area contributed by atoms with Crippen molar-refractivity contribution in [1.82, 2.24) is 0 Å². The first-order valence-electron chi connectivity index (χ1n) is 10.4. The maximum absolute atomic E-state index is 11.8. The summed E-state index contributed by atoms with van der Waals surface area (Å²) in [5, 5.41) is 18.8. The fourth-order valence-corrected chi connectivity index (χ4v) is 2.58. The molecule has 0 rings (SSSR count). The van der Waals surface area contributed by atoms with Crippen LogP contribution in [0, 0.1) is 5.41 Å². The highest BCUT2D eigenvalue weighted by molar-refractivity contribution is 5.81. The normalized spacial score (nSPS) is 11.7. The first kappa shape index (κ1) is 28.7. The number of carboxylic acid groups (broad SMARTS) is 2. The first-order chi connectivity index (χ1) is 14.5. The molecule has 0 aromatic rings. The first-order valence-corrected chi connectivity index (χ1v) is 10.4. The van der Waals surface area contributed by atoms with Crippen LogP contribution >= 0.6 is 0 Å². The third-order valence-electron chi connectivity index (χ3n) is 4.29. The number of ether oxygens (including phenoxy) is 6. The van der Waals surface area contributed by atoms with Crippen LogP contribution in [0.25, 0.3) is 0 Å². The van der Waals surface area contributed by atoms with E-state index >= 15 is 0 Å². The zero-order valence-corrected chi connectivity index (χ0v) is 18.3. The van der Waals surface area contributed by atoms with Gasteiger partial charge in [0.1, 0.15) is 0 Å². The second-order valence-electron chi connectivity index (χ2n) is 6.50. The predicted molar refractivity (Wildman–Crippen MR) is 108 cm³/mol. The average molecular weight is 439 g/mol. The highest BCUT2D eigenvalue weighted by Crippen LogP contribution is 2.32. The molecule has 0 unspecified atom stereocenters. The van der Waals surface area contributed by atoms with Gasteiger partial charge in [0.25, 0.3) is 0 Å². The van der Waals surface area contributed by atoms with Gasteiger partial charge in [-0.25, -0.2) is 0 Å². The molecule has 0 aliphatic carbocycles. The van der Waals surface area contributed by atoms with E-state index in [0.717, 1.165) is 0 Å². The van der Waals surface area contributed by atoms with Gasteiger partial charge in [0.05, 0.1) is 64.7 Å². The van der Waals surface area contributed by atoms with Crippen molar-refractivity contribution in [3.05, 3.63) is 0 Å². The van der Waals surface area contributed by atoms with Crippen molar-refractivity contribution in [3.8, 4) is 0 Å². The van der Waals surface area contributed by atoms with Crippen LogP contribution in [0.15, 0.2) is 0 Å². The lowest BCUT2D eigenvalue weighted by Gasteiger charge is -2.27. The van der Waals surface area contributed by atoms with E-state index in [0.29, 0.717) is 66.1 Å². The zero-order valence-electron chi connectivity index (χ0n) is 18.3. The largest absolute Gasteiger partial charge is 0.481 e. The maximum Gasteiger partial charge on any atom is 0.310 e. The Balaban J connectivity index is 4.19. The van der Waals surface area contributed by atoms with E-state index in [-0.39, 0.29) is 26.1 Å². The van der Waals surface area contributed by atoms with E-state index in [1.54, 1.807) is 0 Å². The van der Waals surface area contributed by atoms with Crippen LogP contribution in [-0.2, 0) is 38.0 Å². The maximum atomic E-state index is 11.8. The number of rotatable bonds is 23. The van der Waals surface area contributed by atoms with Gasteiger partial charge < -0.3 is 38.6 Å². The van der Waals surface area contributed by atoms with Gasteiger partial charge >= 0.3 is 11.9 Å². The number of aliphatic carboxylic acids is 2. The Morgan fingerprint density at radius 1 is 0.600 bits per heavy atom. The van der Waals surface area contributed by atoms with E-state index in [2.05, 4.69) is 0 Å². The van der Waals surface area contributed by atoms with Gasteiger partial charge in [-0.05, 0) is 26.7 Å². The Kier molecular flexibility index (Phi) is 18.8. The molecule has 0 fully saturated rings. The number of hydrogen-bond donors (Lipinski definition) is 2. The van der Waals surface area contributed by atoms with Crippen LogP contribution in [0.4, 0.5) is 0 Å². The van der Waals surface area contributed by atoms with E-state index in [1.165, 1.54) is 0 Å². The summed E-state index contributed by atoms with van der Waals surface area (Å²) in [6.45, 7) is 8.55. The summed E-state index contributed by atoms with van der Waals surface area (Å²) in [6.07, 6.45) is -0.353. The highest BCUT2D eigenvalue weighted by Gasteiger charge is 2.40. The fraction of sp³-hybridized carbons (Fsp3) is 0.900. The van der Waals surface area contributed by atoms with Crippen LogP contribution in [-0.4, -0.2) is 101 Å². The lowest BCUT2D eigenvalue weighted by molar-refractivity contribution is -0.158. The van der Waals surface area contributed by atoms with Crippen molar-refractivity contribution >= 4 is 11.9 Å². The van der Waals surface area contributed by atoms with Gasteiger partial charge in [-0.3, -0.25) is 9.59 Å². The third-order valence-corrected chi connectivity index (χ3v) is 4.29. The molecule has 0 amide bonds. The molecule has 0 aliphatic heterocycles. The third kappa shape index (κ3) is 15.5. The van der Waals surface area contributed by atoms with Crippen LogP contribution in [0.3, 0.4) is 0 Å². The molecule has 0 heterocycles. The van der Waals surface area contributed by atoms with Crippen molar-refractivity contribution < 1.29 is 48.2 Å². The molecule has 0 saturated carbocycles. The highest BCUT2D eigenvalue weighted by atomic mass is 16.5. The van der Waals surface area contributed by atoms with Crippen LogP contribution in [0.2, 0.25) is 0 Å². The number of carboxylic acids is 2.